The van der Waals surface area contributed by atoms with Gasteiger partial charge in [0.05, 0.1) is 0 Å². The number of hydrogen-bond acceptors (Lipinski definition) is 5. The van der Waals surface area contributed by atoms with Crippen molar-refractivity contribution in [1.82, 2.24) is 15.1 Å². The molecular formula is C11H14N4O. The molecule has 0 saturated heterocycles. The number of hydrogen-bond donors (Lipinski definition) is 1. The molecule has 0 radical (unpaired) electrons. The summed E-state index contributed by atoms with van der Waals surface area (Å²) in [6, 6.07) is 3.67. The van der Waals surface area contributed by atoms with Crippen molar-refractivity contribution in [1.29, 1.82) is 0 Å². The standard InChI is InChI=1S/C11H14N4O/c1-11(2,12)7-9-14-10(15-16-9)8-3-5-13-6-4-8/h3-6H,7,12H2,1-2H3. The van der Waals surface area contributed by atoms with E-state index >= 15 is 0 Å². The first-order chi connectivity index (χ1) is 7.54. The molecule has 0 aliphatic heterocycles. The van der Waals surface area contributed by atoms with Crippen molar-refractivity contribution in [2.24, 2.45) is 5.73 Å². The van der Waals surface area contributed by atoms with Gasteiger partial charge in [0.1, 0.15) is 0 Å². The maximum Gasteiger partial charge on any atom is 0.228 e. The molecule has 84 valence electrons. The highest BCUT2D eigenvalue weighted by molar-refractivity contribution is 5.52. The zero-order valence-corrected chi connectivity index (χ0v) is 9.34. The molecule has 0 aromatic carbocycles. The molecule has 5 nitrogen and oxygen atoms in total. The number of aromatic nitrogens is 3. The summed E-state index contributed by atoms with van der Waals surface area (Å²) in [4.78, 5) is 8.21. The molecule has 2 heterocycles. The molecule has 0 aliphatic carbocycles. The van der Waals surface area contributed by atoms with Gasteiger partial charge in [-0.2, -0.15) is 4.98 Å². The van der Waals surface area contributed by atoms with Crippen LogP contribution in [0.1, 0.15) is 19.7 Å². The van der Waals surface area contributed by atoms with E-state index in [4.69, 9.17) is 10.3 Å². The summed E-state index contributed by atoms with van der Waals surface area (Å²) in [5.41, 5.74) is 6.42. The Morgan fingerprint density at radius 1 is 1.31 bits per heavy atom. The van der Waals surface area contributed by atoms with E-state index in [2.05, 4.69) is 15.1 Å². The molecule has 0 aliphatic rings. The second-order valence-corrected chi connectivity index (χ2v) is 4.41. The molecule has 0 spiro atoms. The van der Waals surface area contributed by atoms with E-state index in [1.165, 1.54) is 0 Å². The number of pyridine rings is 1. The summed E-state index contributed by atoms with van der Waals surface area (Å²) in [7, 11) is 0. The van der Waals surface area contributed by atoms with E-state index in [1.807, 2.05) is 26.0 Å². The molecule has 2 rings (SSSR count). The van der Waals surface area contributed by atoms with Gasteiger partial charge in [-0.1, -0.05) is 5.16 Å². The van der Waals surface area contributed by atoms with Crippen molar-refractivity contribution in [3.05, 3.63) is 30.4 Å². The van der Waals surface area contributed by atoms with Gasteiger partial charge in [0.25, 0.3) is 0 Å². The zero-order valence-electron chi connectivity index (χ0n) is 9.34. The summed E-state index contributed by atoms with van der Waals surface area (Å²) in [5, 5.41) is 3.90. The van der Waals surface area contributed by atoms with Crippen molar-refractivity contribution in [2.75, 3.05) is 0 Å². The largest absolute Gasteiger partial charge is 0.339 e. The number of rotatable bonds is 3. The fraction of sp³-hybridized carbons (Fsp3) is 0.364. The monoisotopic (exact) mass is 218 g/mol. The Labute approximate surface area is 93.7 Å². The molecule has 0 fully saturated rings. The molecule has 2 N–H and O–H groups in total. The van der Waals surface area contributed by atoms with Crippen molar-refractivity contribution in [2.45, 2.75) is 25.8 Å². The van der Waals surface area contributed by atoms with Gasteiger partial charge in [-0.3, -0.25) is 4.98 Å². The maximum absolute atomic E-state index is 5.88. The first-order valence-corrected chi connectivity index (χ1v) is 5.06. The van der Waals surface area contributed by atoms with Crippen LogP contribution >= 0.6 is 0 Å². The van der Waals surface area contributed by atoms with E-state index < -0.39 is 0 Å². The van der Waals surface area contributed by atoms with Crippen LogP contribution in [0.4, 0.5) is 0 Å². The third-order valence-electron chi connectivity index (χ3n) is 2.01. The topological polar surface area (TPSA) is 77.8 Å². The van der Waals surface area contributed by atoms with E-state index in [0.717, 1.165) is 5.56 Å². The second kappa shape index (κ2) is 4.02. The van der Waals surface area contributed by atoms with Crippen LogP contribution in [0.5, 0.6) is 0 Å². The zero-order chi connectivity index (χ0) is 11.6. The minimum absolute atomic E-state index is 0.345. The highest BCUT2D eigenvalue weighted by atomic mass is 16.5. The van der Waals surface area contributed by atoms with Crippen LogP contribution in [0.3, 0.4) is 0 Å². The third kappa shape index (κ3) is 2.64. The van der Waals surface area contributed by atoms with Crippen molar-refractivity contribution in [3.8, 4) is 11.4 Å². The highest BCUT2D eigenvalue weighted by Crippen LogP contribution is 2.16. The Morgan fingerprint density at radius 3 is 2.62 bits per heavy atom. The van der Waals surface area contributed by atoms with Crippen LogP contribution in [-0.4, -0.2) is 20.7 Å². The summed E-state index contributed by atoms with van der Waals surface area (Å²) >= 11 is 0. The average Bonchev–Trinajstić information content (AvgIpc) is 2.65. The van der Waals surface area contributed by atoms with Gasteiger partial charge in [-0.25, -0.2) is 0 Å². The van der Waals surface area contributed by atoms with E-state index in [0.29, 0.717) is 18.1 Å². The fourth-order valence-electron chi connectivity index (χ4n) is 1.33. The molecule has 0 saturated carbocycles. The lowest BCUT2D eigenvalue weighted by Gasteiger charge is -2.14. The number of nitrogens with two attached hydrogens (primary N) is 1. The summed E-state index contributed by atoms with van der Waals surface area (Å²) in [6.45, 7) is 3.84. The van der Waals surface area contributed by atoms with Crippen LogP contribution in [0.2, 0.25) is 0 Å². The first kappa shape index (κ1) is 10.8. The van der Waals surface area contributed by atoms with Gasteiger partial charge in [-0.15, -0.1) is 0 Å². The second-order valence-electron chi connectivity index (χ2n) is 4.41. The van der Waals surface area contributed by atoms with Gasteiger partial charge in [0.15, 0.2) is 0 Å². The lowest BCUT2D eigenvalue weighted by atomic mass is 10.0. The van der Waals surface area contributed by atoms with Gasteiger partial charge >= 0.3 is 0 Å². The normalized spacial score (nSPS) is 11.7. The van der Waals surface area contributed by atoms with Gasteiger partial charge < -0.3 is 10.3 Å². The lowest BCUT2D eigenvalue weighted by molar-refractivity contribution is 0.348. The molecule has 0 unspecified atom stereocenters. The van der Waals surface area contributed by atoms with Gasteiger partial charge in [-0.05, 0) is 26.0 Å². The minimum atomic E-state index is -0.345. The van der Waals surface area contributed by atoms with E-state index in [9.17, 15) is 0 Å². The Hall–Kier alpha value is -1.75. The Kier molecular flexibility index (Phi) is 2.70. The molecule has 0 amide bonds. The Balaban J connectivity index is 2.21. The van der Waals surface area contributed by atoms with Crippen LogP contribution in [-0.2, 0) is 6.42 Å². The summed E-state index contributed by atoms with van der Waals surface area (Å²) < 4.78 is 5.13. The average molecular weight is 218 g/mol. The van der Waals surface area contributed by atoms with Crippen molar-refractivity contribution < 1.29 is 4.52 Å². The maximum atomic E-state index is 5.88. The first-order valence-electron chi connectivity index (χ1n) is 5.06. The van der Waals surface area contributed by atoms with Crippen LogP contribution in [0.25, 0.3) is 11.4 Å². The smallest absolute Gasteiger partial charge is 0.228 e. The van der Waals surface area contributed by atoms with Crippen molar-refractivity contribution in [3.63, 3.8) is 0 Å². The Bertz CT molecular complexity index is 458. The predicted molar refractivity (Wildman–Crippen MR) is 59.5 cm³/mol. The van der Waals surface area contributed by atoms with Gasteiger partial charge in [0, 0.05) is 29.9 Å². The van der Waals surface area contributed by atoms with Crippen molar-refractivity contribution >= 4 is 0 Å². The molecular weight excluding hydrogens is 204 g/mol. The van der Waals surface area contributed by atoms with Gasteiger partial charge in [0.2, 0.25) is 11.7 Å². The van der Waals surface area contributed by atoms with Crippen LogP contribution in [0, 0.1) is 0 Å². The molecule has 2 aromatic rings. The minimum Gasteiger partial charge on any atom is -0.339 e. The third-order valence-corrected chi connectivity index (χ3v) is 2.01. The SMILES string of the molecule is CC(C)(N)Cc1nc(-c2ccncc2)no1. The highest BCUT2D eigenvalue weighted by Gasteiger charge is 2.17. The van der Waals surface area contributed by atoms with E-state index in [-0.39, 0.29) is 5.54 Å². The molecule has 0 bridgehead atoms. The molecule has 2 aromatic heterocycles. The molecule has 16 heavy (non-hydrogen) atoms. The molecule has 0 atom stereocenters. The summed E-state index contributed by atoms with van der Waals surface area (Å²) in [5.74, 6) is 1.13. The number of nitrogens with zero attached hydrogens (tertiary/aromatic N) is 3. The quantitative estimate of drug-likeness (QED) is 0.842. The molecule has 5 heteroatoms. The van der Waals surface area contributed by atoms with Crippen LogP contribution < -0.4 is 5.73 Å². The lowest BCUT2D eigenvalue weighted by Crippen LogP contribution is -2.34. The fourth-order valence-corrected chi connectivity index (χ4v) is 1.33. The predicted octanol–water partition coefficient (Wildman–Crippen LogP) is 1.41. The summed E-state index contributed by atoms with van der Waals surface area (Å²) in [6.07, 6.45) is 3.95. The Morgan fingerprint density at radius 2 is 2.00 bits per heavy atom. The van der Waals surface area contributed by atoms with E-state index in [1.54, 1.807) is 12.4 Å². The van der Waals surface area contributed by atoms with Crippen LogP contribution in [0.15, 0.2) is 29.0 Å².